The molecule has 1 N–H and O–H groups in total. The van der Waals surface area contributed by atoms with E-state index in [1.807, 2.05) is 32.0 Å². The van der Waals surface area contributed by atoms with Crippen LogP contribution in [0.1, 0.15) is 54.6 Å². The van der Waals surface area contributed by atoms with Gasteiger partial charge in [-0.3, -0.25) is 9.10 Å². The number of anilines is 1. The first-order valence-corrected chi connectivity index (χ1v) is 12.8. The Morgan fingerprint density at radius 2 is 1.75 bits per heavy atom. The smallest absolute Gasteiger partial charge is 0.335 e. The van der Waals surface area contributed by atoms with Crippen LogP contribution in [0.2, 0.25) is 0 Å². The molecule has 0 heterocycles. The van der Waals surface area contributed by atoms with Gasteiger partial charge in [-0.25, -0.2) is 13.2 Å². The number of hydrogen-bond acceptors (Lipinski definition) is 4. The summed E-state index contributed by atoms with van der Waals surface area (Å²) in [5.74, 6) is -0.758. The zero-order chi connectivity index (χ0) is 23.3. The summed E-state index contributed by atoms with van der Waals surface area (Å²) in [7, 11) is -3.72. The van der Waals surface area contributed by atoms with E-state index in [1.54, 1.807) is 30.3 Å². The molecule has 2 saturated carbocycles. The van der Waals surface area contributed by atoms with Crippen LogP contribution < -0.4 is 4.31 Å². The molecule has 2 aromatic rings. The van der Waals surface area contributed by atoms with Crippen molar-refractivity contribution in [3.8, 4) is 0 Å². The highest BCUT2D eigenvalue weighted by molar-refractivity contribution is 7.92. The molecule has 0 aromatic heterocycles. The number of benzene rings is 2. The molecule has 2 aliphatic rings. The molecule has 2 aromatic carbocycles. The number of aromatic carboxylic acids is 1. The molecule has 7 heteroatoms. The molecule has 2 aliphatic carbocycles. The van der Waals surface area contributed by atoms with E-state index in [1.165, 1.54) is 10.6 Å². The van der Waals surface area contributed by atoms with Crippen LogP contribution in [0.25, 0.3) is 0 Å². The van der Waals surface area contributed by atoms with Crippen LogP contribution in [0, 0.1) is 11.3 Å². The molecule has 0 radical (unpaired) electrons. The Balaban J connectivity index is 1.72. The number of carboxylic acids is 1. The fraction of sp³-hybridized carbons (Fsp3) is 0.440. The number of Topliss-reactive ketones (excluding diaryl/α,β-unsaturated/α-hetero) is 1. The summed E-state index contributed by atoms with van der Waals surface area (Å²) in [5.41, 5.74) is 1.13. The van der Waals surface area contributed by atoms with E-state index in [9.17, 15) is 18.0 Å². The van der Waals surface area contributed by atoms with E-state index in [-0.39, 0.29) is 17.3 Å². The maximum atomic E-state index is 13.3. The number of ketones is 1. The second kappa shape index (κ2) is 7.73. The van der Waals surface area contributed by atoms with Gasteiger partial charge < -0.3 is 5.11 Å². The lowest BCUT2D eigenvalue weighted by molar-refractivity contribution is -0.123. The van der Waals surface area contributed by atoms with Gasteiger partial charge in [0.25, 0.3) is 0 Å². The Bertz CT molecular complexity index is 1170. The van der Waals surface area contributed by atoms with E-state index in [4.69, 9.17) is 5.11 Å². The number of carbonyl (C=O) groups excluding carboxylic acids is 1. The number of aryl methyl sites for hydroxylation is 2. The average molecular weight is 456 g/mol. The number of rotatable bonds is 7. The Kier molecular flexibility index (Phi) is 5.44. The third-order valence-corrected chi connectivity index (χ3v) is 8.78. The van der Waals surface area contributed by atoms with Gasteiger partial charge in [0, 0.05) is 6.42 Å². The molecular weight excluding hydrogens is 426 g/mol. The van der Waals surface area contributed by atoms with Crippen LogP contribution in [0.5, 0.6) is 0 Å². The van der Waals surface area contributed by atoms with Gasteiger partial charge >= 0.3 is 5.97 Å². The topological polar surface area (TPSA) is 91.8 Å². The highest BCUT2D eigenvalue weighted by Gasteiger charge is 2.69. The first-order valence-electron chi connectivity index (χ1n) is 10.9. The Morgan fingerprint density at radius 3 is 2.28 bits per heavy atom. The van der Waals surface area contributed by atoms with Crippen molar-refractivity contribution in [2.45, 2.75) is 51.5 Å². The van der Waals surface area contributed by atoms with Crippen molar-refractivity contribution in [3.63, 3.8) is 0 Å². The maximum absolute atomic E-state index is 13.3. The Morgan fingerprint density at radius 1 is 1.09 bits per heavy atom. The normalized spacial score (nSPS) is 24.0. The quantitative estimate of drug-likeness (QED) is 0.679. The zero-order valence-corrected chi connectivity index (χ0v) is 19.5. The molecule has 0 amide bonds. The summed E-state index contributed by atoms with van der Waals surface area (Å²) in [5, 5.41) is 9.09. The van der Waals surface area contributed by atoms with E-state index >= 15 is 0 Å². The Hall–Kier alpha value is -2.67. The summed E-state index contributed by atoms with van der Waals surface area (Å²) < 4.78 is 27.8. The van der Waals surface area contributed by atoms with E-state index in [0.717, 1.165) is 17.5 Å². The van der Waals surface area contributed by atoms with Crippen molar-refractivity contribution >= 4 is 27.5 Å². The van der Waals surface area contributed by atoms with Crippen LogP contribution in [0.15, 0.2) is 48.5 Å². The number of hydrogen-bond donors (Lipinski definition) is 1. The second-order valence-electron chi connectivity index (χ2n) is 9.60. The summed E-state index contributed by atoms with van der Waals surface area (Å²) in [6, 6.07) is 14.1. The van der Waals surface area contributed by atoms with Crippen LogP contribution in [-0.2, 0) is 27.7 Å². The molecule has 6 nitrogen and oxygen atoms in total. The monoisotopic (exact) mass is 455 g/mol. The summed E-state index contributed by atoms with van der Waals surface area (Å²) in [6.45, 7) is 4.06. The van der Waals surface area contributed by atoms with Gasteiger partial charge in [0.1, 0.15) is 5.54 Å². The van der Waals surface area contributed by atoms with E-state index in [2.05, 4.69) is 0 Å². The SMILES string of the molecule is CC1(C)C2CCC1(N(c1ccccc1CCc1ccc(C(=O)O)cc1)S(C)(=O)=O)C(=O)C2. The zero-order valence-electron chi connectivity index (χ0n) is 18.7. The van der Waals surface area contributed by atoms with Gasteiger partial charge in [0.05, 0.1) is 17.5 Å². The number of para-hydroxylation sites is 1. The summed E-state index contributed by atoms with van der Waals surface area (Å²) >= 11 is 0. The molecule has 2 atom stereocenters. The predicted octanol–water partition coefficient (Wildman–Crippen LogP) is 4.08. The first kappa shape index (κ1) is 22.5. The molecule has 2 fully saturated rings. The number of carbonyl (C=O) groups is 2. The van der Waals surface area contributed by atoms with Crippen LogP contribution in [0.4, 0.5) is 5.69 Å². The maximum Gasteiger partial charge on any atom is 0.335 e. The highest BCUT2D eigenvalue weighted by Crippen LogP contribution is 2.62. The minimum atomic E-state index is -3.72. The van der Waals surface area contributed by atoms with Crippen molar-refractivity contribution in [1.82, 2.24) is 0 Å². The third-order valence-electron chi connectivity index (χ3n) is 7.61. The largest absolute Gasteiger partial charge is 0.478 e. The standard InChI is InChI=1S/C25H29NO5S/c1-24(2)20-14-15-25(24,22(27)16-20)26(32(3,30)31)21-7-5-4-6-18(21)11-8-17-9-12-19(13-10-17)23(28)29/h4-7,9-10,12-13,20H,8,11,14-16H2,1-3H3,(H,28,29). The number of nitrogens with zero attached hydrogens (tertiary/aromatic N) is 1. The van der Waals surface area contributed by atoms with Crippen molar-refractivity contribution in [2.24, 2.45) is 11.3 Å². The van der Waals surface area contributed by atoms with Crippen molar-refractivity contribution in [2.75, 3.05) is 10.6 Å². The lowest BCUT2D eigenvalue weighted by atomic mass is 9.75. The molecule has 0 aliphatic heterocycles. The van der Waals surface area contributed by atoms with Gasteiger partial charge in [-0.15, -0.1) is 0 Å². The van der Waals surface area contributed by atoms with Crippen LogP contribution in [0.3, 0.4) is 0 Å². The number of carboxylic acid groups (broad SMARTS) is 1. The summed E-state index contributed by atoms with van der Waals surface area (Å²) in [6.07, 6.45) is 4.21. The lowest BCUT2D eigenvalue weighted by Crippen LogP contribution is -2.60. The first-order chi connectivity index (χ1) is 15.0. The molecule has 0 saturated heterocycles. The van der Waals surface area contributed by atoms with Gasteiger partial charge in [0.2, 0.25) is 10.0 Å². The van der Waals surface area contributed by atoms with Gasteiger partial charge in [0.15, 0.2) is 5.78 Å². The highest BCUT2D eigenvalue weighted by atomic mass is 32.2. The molecule has 32 heavy (non-hydrogen) atoms. The molecule has 2 bridgehead atoms. The molecule has 4 rings (SSSR count). The minimum Gasteiger partial charge on any atom is -0.478 e. The van der Waals surface area contributed by atoms with Crippen molar-refractivity contribution in [3.05, 3.63) is 65.2 Å². The fourth-order valence-electron chi connectivity index (χ4n) is 5.81. The predicted molar refractivity (Wildman–Crippen MR) is 123 cm³/mol. The van der Waals surface area contributed by atoms with E-state index in [0.29, 0.717) is 31.4 Å². The molecular formula is C25H29NO5S. The lowest BCUT2D eigenvalue weighted by Gasteiger charge is -2.46. The van der Waals surface area contributed by atoms with Gasteiger partial charge in [-0.1, -0.05) is 44.2 Å². The third kappa shape index (κ3) is 3.43. The van der Waals surface area contributed by atoms with Crippen LogP contribution in [-0.4, -0.2) is 37.1 Å². The van der Waals surface area contributed by atoms with E-state index < -0.39 is 26.9 Å². The number of sulfonamides is 1. The van der Waals surface area contributed by atoms with Crippen molar-refractivity contribution < 1.29 is 23.1 Å². The molecule has 2 unspecified atom stereocenters. The Labute approximate surface area is 189 Å². The molecule has 170 valence electrons. The second-order valence-corrected chi connectivity index (χ2v) is 11.4. The average Bonchev–Trinajstić information content (AvgIpc) is 3.08. The van der Waals surface area contributed by atoms with Crippen LogP contribution >= 0.6 is 0 Å². The summed E-state index contributed by atoms with van der Waals surface area (Å²) in [4.78, 5) is 24.3. The minimum absolute atomic E-state index is 0.0169. The molecule has 0 spiro atoms. The van der Waals surface area contributed by atoms with Gasteiger partial charge in [-0.2, -0.15) is 0 Å². The van der Waals surface area contributed by atoms with Gasteiger partial charge in [-0.05, 0) is 66.3 Å². The van der Waals surface area contributed by atoms with Crippen molar-refractivity contribution in [1.29, 1.82) is 0 Å². The number of fused-ring (bicyclic) bond motifs is 2. The fourth-order valence-corrected chi connectivity index (χ4v) is 7.34.